The number of aromatic nitrogens is 2. The number of fused-ring (bicyclic) bond motifs is 1. The van der Waals surface area contributed by atoms with Gasteiger partial charge in [-0.1, -0.05) is 24.3 Å². The average molecular weight is 334 g/mol. The van der Waals surface area contributed by atoms with Crippen LogP contribution >= 0.6 is 0 Å². The second-order valence-corrected chi connectivity index (χ2v) is 6.06. The number of nitrogens with one attached hydrogen (secondary N) is 1. The lowest BCUT2D eigenvalue weighted by molar-refractivity contribution is 0.0955. The molecule has 5 heteroatoms. The van der Waals surface area contributed by atoms with Crippen LogP contribution in [0.3, 0.4) is 0 Å². The first-order chi connectivity index (χ1) is 12.0. The fourth-order valence-electron chi connectivity index (χ4n) is 3.03. The minimum Gasteiger partial charge on any atom is -0.329 e. The van der Waals surface area contributed by atoms with Crippen molar-refractivity contribution in [1.29, 1.82) is 0 Å². The molecule has 0 unspecified atom stereocenters. The highest BCUT2D eigenvalue weighted by atomic mass is 16.2. The van der Waals surface area contributed by atoms with Gasteiger partial charge in [0.2, 0.25) is 0 Å². The molecule has 3 rings (SSSR count). The zero-order valence-electron chi connectivity index (χ0n) is 15.0. The highest BCUT2D eigenvalue weighted by molar-refractivity contribution is 6.02. The fourth-order valence-corrected chi connectivity index (χ4v) is 3.03. The molecule has 0 aliphatic carbocycles. The summed E-state index contributed by atoms with van der Waals surface area (Å²) in [4.78, 5) is 16.9. The smallest absolute Gasteiger partial charge is 0.271 e. The number of carbonyl (C=O) groups is 1. The highest BCUT2D eigenvalue weighted by Crippen LogP contribution is 2.17. The molecule has 0 saturated heterocycles. The first-order valence-corrected chi connectivity index (χ1v) is 8.38. The average Bonchev–Trinajstić information content (AvgIpc) is 2.93. The van der Waals surface area contributed by atoms with Crippen molar-refractivity contribution in [2.45, 2.75) is 34.2 Å². The molecular formula is C20H22N4O. The summed E-state index contributed by atoms with van der Waals surface area (Å²) in [7, 11) is 0. The minimum absolute atomic E-state index is 0.237. The van der Waals surface area contributed by atoms with E-state index in [0.717, 1.165) is 40.2 Å². The Hall–Kier alpha value is -2.95. The van der Waals surface area contributed by atoms with Crippen molar-refractivity contribution in [3.05, 3.63) is 65.0 Å². The number of rotatable bonds is 4. The summed E-state index contributed by atoms with van der Waals surface area (Å²) in [5, 5.41) is 4.24. The number of benzene rings is 2. The number of hydrazone groups is 1. The van der Waals surface area contributed by atoms with Crippen molar-refractivity contribution >= 4 is 22.7 Å². The van der Waals surface area contributed by atoms with E-state index in [1.165, 1.54) is 0 Å². The summed E-state index contributed by atoms with van der Waals surface area (Å²) in [6.07, 6.45) is 0. The van der Waals surface area contributed by atoms with E-state index < -0.39 is 0 Å². The van der Waals surface area contributed by atoms with Crippen molar-refractivity contribution in [3.63, 3.8) is 0 Å². The molecule has 25 heavy (non-hydrogen) atoms. The zero-order chi connectivity index (χ0) is 18.0. The van der Waals surface area contributed by atoms with Crippen LogP contribution in [-0.2, 0) is 6.54 Å². The van der Waals surface area contributed by atoms with Crippen molar-refractivity contribution < 1.29 is 4.79 Å². The molecule has 2 aromatic carbocycles. The molecule has 5 nitrogen and oxygen atoms in total. The van der Waals surface area contributed by atoms with E-state index in [0.29, 0.717) is 5.56 Å². The Balaban J connectivity index is 1.83. The molecule has 1 amide bonds. The molecule has 1 aromatic heterocycles. The van der Waals surface area contributed by atoms with Gasteiger partial charge in [-0.25, -0.2) is 10.4 Å². The van der Waals surface area contributed by atoms with Gasteiger partial charge in [-0.3, -0.25) is 4.79 Å². The number of amides is 1. The third-order valence-electron chi connectivity index (χ3n) is 4.38. The third kappa shape index (κ3) is 3.31. The van der Waals surface area contributed by atoms with E-state index in [1.807, 2.05) is 63.2 Å². The molecule has 128 valence electrons. The lowest BCUT2D eigenvalue weighted by atomic mass is 10.1. The highest BCUT2D eigenvalue weighted by Gasteiger charge is 2.11. The molecule has 0 spiro atoms. The number of hydrogen-bond donors (Lipinski definition) is 1. The summed E-state index contributed by atoms with van der Waals surface area (Å²) < 4.78 is 2.12. The van der Waals surface area contributed by atoms with E-state index in [1.54, 1.807) is 0 Å². The lowest BCUT2D eigenvalue weighted by Crippen LogP contribution is -2.19. The molecule has 3 aromatic rings. The Bertz CT molecular complexity index is 969. The van der Waals surface area contributed by atoms with Gasteiger partial charge in [0, 0.05) is 17.7 Å². The van der Waals surface area contributed by atoms with Crippen LogP contribution in [0.4, 0.5) is 0 Å². The number of carbonyl (C=O) groups excluding carboxylic acids is 1. The van der Waals surface area contributed by atoms with Crippen molar-refractivity contribution in [2.75, 3.05) is 0 Å². The molecule has 0 radical (unpaired) electrons. The van der Waals surface area contributed by atoms with Crippen LogP contribution in [0.15, 0.2) is 47.6 Å². The van der Waals surface area contributed by atoms with Crippen LogP contribution < -0.4 is 5.43 Å². The van der Waals surface area contributed by atoms with E-state index in [-0.39, 0.29) is 5.91 Å². The SMILES string of the molecule is CCn1c(C)nc2cc(C(=O)N/N=C(/C)c3ccccc3C)ccc21. The van der Waals surface area contributed by atoms with Gasteiger partial charge >= 0.3 is 0 Å². The second-order valence-electron chi connectivity index (χ2n) is 6.06. The number of nitrogens with zero attached hydrogens (tertiary/aromatic N) is 3. The van der Waals surface area contributed by atoms with E-state index in [9.17, 15) is 4.79 Å². The first kappa shape index (κ1) is 16.9. The normalized spacial score (nSPS) is 11.8. The summed E-state index contributed by atoms with van der Waals surface area (Å²) in [6, 6.07) is 13.5. The summed E-state index contributed by atoms with van der Waals surface area (Å²) in [6.45, 7) is 8.82. The largest absolute Gasteiger partial charge is 0.329 e. The first-order valence-electron chi connectivity index (χ1n) is 8.38. The second kappa shape index (κ2) is 6.89. The number of aryl methyl sites for hydroxylation is 3. The maximum atomic E-state index is 12.4. The van der Waals surface area contributed by atoms with Crippen LogP contribution in [0, 0.1) is 13.8 Å². The number of hydrogen-bond acceptors (Lipinski definition) is 3. The van der Waals surface area contributed by atoms with Gasteiger partial charge in [0.25, 0.3) is 5.91 Å². The predicted octanol–water partition coefficient (Wildman–Crippen LogP) is 3.83. The molecule has 0 aliphatic heterocycles. The van der Waals surface area contributed by atoms with Crippen LogP contribution in [0.5, 0.6) is 0 Å². The van der Waals surface area contributed by atoms with Gasteiger partial charge in [0.05, 0.1) is 16.7 Å². The third-order valence-corrected chi connectivity index (χ3v) is 4.38. The lowest BCUT2D eigenvalue weighted by Gasteiger charge is -2.06. The summed E-state index contributed by atoms with van der Waals surface area (Å²) in [5.74, 6) is 0.710. The van der Waals surface area contributed by atoms with Gasteiger partial charge in [0.1, 0.15) is 5.82 Å². The van der Waals surface area contributed by atoms with Gasteiger partial charge in [-0.05, 0) is 51.5 Å². The summed E-state index contributed by atoms with van der Waals surface area (Å²) >= 11 is 0. The molecule has 1 heterocycles. The minimum atomic E-state index is -0.237. The Labute approximate surface area is 147 Å². The Morgan fingerprint density at radius 3 is 2.68 bits per heavy atom. The molecule has 0 bridgehead atoms. The van der Waals surface area contributed by atoms with Crippen molar-refractivity contribution in [1.82, 2.24) is 15.0 Å². The quantitative estimate of drug-likeness (QED) is 0.582. The molecule has 0 aliphatic rings. The fraction of sp³-hybridized carbons (Fsp3) is 0.250. The molecular weight excluding hydrogens is 312 g/mol. The van der Waals surface area contributed by atoms with Crippen LogP contribution in [-0.4, -0.2) is 21.2 Å². The monoisotopic (exact) mass is 334 g/mol. The maximum Gasteiger partial charge on any atom is 0.271 e. The van der Waals surface area contributed by atoms with E-state index in [2.05, 4.69) is 27.0 Å². The Morgan fingerprint density at radius 1 is 1.20 bits per heavy atom. The van der Waals surface area contributed by atoms with Crippen molar-refractivity contribution in [2.24, 2.45) is 5.10 Å². The molecule has 0 fully saturated rings. The van der Waals surface area contributed by atoms with Crippen molar-refractivity contribution in [3.8, 4) is 0 Å². The topological polar surface area (TPSA) is 59.3 Å². The Morgan fingerprint density at radius 2 is 1.96 bits per heavy atom. The summed E-state index contributed by atoms with van der Waals surface area (Å²) in [5.41, 5.74) is 7.98. The van der Waals surface area contributed by atoms with E-state index in [4.69, 9.17) is 0 Å². The molecule has 0 atom stereocenters. The molecule has 0 saturated carbocycles. The van der Waals surface area contributed by atoms with Crippen LogP contribution in [0.2, 0.25) is 0 Å². The van der Waals surface area contributed by atoms with Gasteiger partial charge in [-0.15, -0.1) is 0 Å². The number of imidazole rings is 1. The van der Waals surface area contributed by atoms with Crippen LogP contribution in [0.25, 0.3) is 11.0 Å². The zero-order valence-corrected chi connectivity index (χ0v) is 15.0. The van der Waals surface area contributed by atoms with Gasteiger partial charge < -0.3 is 4.57 Å². The maximum absolute atomic E-state index is 12.4. The predicted molar refractivity (Wildman–Crippen MR) is 101 cm³/mol. The molecule has 1 N–H and O–H groups in total. The van der Waals surface area contributed by atoms with Crippen LogP contribution in [0.1, 0.15) is 41.2 Å². The van der Waals surface area contributed by atoms with Gasteiger partial charge in [0.15, 0.2) is 0 Å². The van der Waals surface area contributed by atoms with Gasteiger partial charge in [-0.2, -0.15) is 5.10 Å². The van der Waals surface area contributed by atoms with E-state index >= 15 is 0 Å². The Kier molecular flexibility index (Phi) is 4.65. The standard InChI is InChI=1S/C20H22N4O/c1-5-24-15(4)21-18-12-16(10-11-19(18)24)20(25)23-22-14(3)17-9-7-6-8-13(17)2/h6-12H,5H2,1-4H3,(H,23,25)/b22-14-.